The number of para-hydroxylation sites is 1. The molecule has 0 N–H and O–H groups in total. The molecule has 6 aromatic rings. The monoisotopic (exact) mass is 378 g/mol. The Bertz CT molecular complexity index is 1580. The summed E-state index contributed by atoms with van der Waals surface area (Å²) < 4.78 is 14.7. The van der Waals surface area contributed by atoms with Crippen molar-refractivity contribution in [1.82, 2.24) is 0 Å². The van der Waals surface area contributed by atoms with Crippen molar-refractivity contribution in [2.45, 2.75) is 13.8 Å². The smallest absolute Gasteiger partial charge is 0.299 e. The molecule has 140 valence electrons. The number of hydrogen-bond acceptors (Lipinski definition) is 2. The number of fused-ring (bicyclic) bond motifs is 7. The Morgan fingerprint density at radius 2 is 1.48 bits per heavy atom. The van der Waals surface area contributed by atoms with E-state index in [1.807, 2.05) is 18.2 Å². The maximum Gasteiger partial charge on any atom is 0.299 e. The number of aromatic nitrogens is 1. The van der Waals surface area contributed by atoms with Gasteiger partial charge in [-0.25, -0.2) is 4.57 Å². The largest absolute Gasteiger partial charge is 0.425 e. The van der Waals surface area contributed by atoms with E-state index in [1.54, 1.807) is 0 Å². The molecular formula is C26H20NO2+. The lowest BCUT2D eigenvalue weighted by Crippen LogP contribution is -2.30. The van der Waals surface area contributed by atoms with Gasteiger partial charge in [0.25, 0.3) is 5.78 Å². The Labute approximate surface area is 167 Å². The number of hydrogen-bond donors (Lipinski definition) is 0. The van der Waals surface area contributed by atoms with Gasteiger partial charge in [-0.15, -0.1) is 0 Å². The number of benzene rings is 3. The van der Waals surface area contributed by atoms with Crippen LogP contribution in [-0.4, -0.2) is 0 Å². The van der Waals surface area contributed by atoms with Gasteiger partial charge in [0.15, 0.2) is 11.8 Å². The zero-order valence-corrected chi connectivity index (χ0v) is 16.6. The van der Waals surface area contributed by atoms with Gasteiger partial charge >= 0.3 is 0 Å². The maximum absolute atomic E-state index is 6.43. The summed E-state index contributed by atoms with van der Waals surface area (Å²) in [7, 11) is 2.08. The summed E-state index contributed by atoms with van der Waals surface area (Å²) in [6, 6.07) is 21.1. The molecule has 0 bridgehead atoms. The highest BCUT2D eigenvalue weighted by molar-refractivity contribution is 6.28. The van der Waals surface area contributed by atoms with Crippen LogP contribution < -0.4 is 4.57 Å². The van der Waals surface area contributed by atoms with Crippen LogP contribution in [0.3, 0.4) is 0 Å². The minimum atomic E-state index is 0.591. The van der Waals surface area contributed by atoms with Gasteiger partial charge in [0, 0.05) is 22.9 Å². The molecule has 0 fully saturated rings. The Morgan fingerprint density at radius 3 is 2.31 bits per heavy atom. The first-order chi connectivity index (χ1) is 14.1. The molecule has 0 aliphatic heterocycles. The van der Waals surface area contributed by atoms with Crippen molar-refractivity contribution < 1.29 is 13.4 Å². The molecule has 0 unspecified atom stereocenters. The predicted molar refractivity (Wildman–Crippen MR) is 117 cm³/mol. The Balaban J connectivity index is 1.92. The lowest BCUT2D eigenvalue weighted by molar-refractivity contribution is -0.660. The van der Waals surface area contributed by atoms with Gasteiger partial charge in [0.1, 0.15) is 12.6 Å². The predicted octanol–water partition coefficient (Wildman–Crippen LogP) is 6.59. The van der Waals surface area contributed by atoms with Gasteiger partial charge in [0.2, 0.25) is 5.69 Å². The van der Waals surface area contributed by atoms with E-state index in [4.69, 9.17) is 8.83 Å². The van der Waals surface area contributed by atoms with E-state index in [0.717, 1.165) is 38.6 Å². The summed E-state index contributed by atoms with van der Waals surface area (Å²) in [6.07, 6.45) is 2.10. The van der Waals surface area contributed by atoms with E-state index < -0.39 is 0 Å². The second-order valence-corrected chi connectivity index (χ2v) is 7.81. The van der Waals surface area contributed by atoms with E-state index in [9.17, 15) is 0 Å². The summed E-state index contributed by atoms with van der Waals surface area (Å²) in [5.41, 5.74) is 6.45. The van der Waals surface area contributed by atoms with E-state index in [2.05, 4.69) is 74.1 Å². The van der Waals surface area contributed by atoms with Crippen molar-refractivity contribution in [3.63, 3.8) is 0 Å². The van der Waals surface area contributed by atoms with Crippen molar-refractivity contribution in [3.05, 3.63) is 78.0 Å². The van der Waals surface area contributed by atoms with Gasteiger partial charge in [-0.1, -0.05) is 42.5 Å². The SMILES string of the molecule is Cc1cc[n+](C)c(-c2c(C)c3ccccc3c3c2oc2oc4ccccc4c23)c1. The number of rotatable bonds is 1. The van der Waals surface area contributed by atoms with Crippen LogP contribution in [0.15, 0.2) is 75.7 Å². The third kappa shape index (κ3) is 2.16. The standard InChI is InChI=1S/C26H20NO2/c1-15-12-13-27(3)20(14-15)22-16(2)17-8-4-5-9-18(17)23-24-19-10-6-7-11-21(19)28-26(24)29-25(22)23/h4-14H,1-3H3/q+1. The zero-order valence-electron chi connectivity index (χ0n) is 16.6. The van der Waals surface area contributed by atoms with Crippen molar-refractivity contribution in [3.8, 4) is 11.3 Å². The van der Waals surface area contributed by atoms with Crippen LogP contribution >= 0.6 is 0 Å². The molecule has 0 saturated carbocycles. The van der Waals surface area contributed by atoms with Crippen molar-refractivity contribution >= 4 is 43.9 Å². The molecule has 29 heavy (non-hydrogen) atoms. The molecule has 0 atom stereocenters. The van der Waals surface area contributed by atoms with Gasteiger partial charge in [-0.2, -0.15) is 0 Å². The molecule has 3 aromatic heterocycles. The first-order valence-corrected chi connectivity index (χ1v) is 9.85. The third-order valence-electron chi connectivity index (χ3n) is 6.00. The summed E-state index contributed by atoms with van der Waals surface area (Å²) >= 11 is 0. The van der Waals surface area contributed by atoms with Crippen LogP contribution in [0, 0.1) is 13.8 Å². The number of nitrogens with zero attached hydrogens (tertiary/aromatic N) is 1. The van der Waals surface area contributed by atoms with E-state index >= 15 is 0 Å². The van der Waals surface area contributed by atoms with Crippen LogP contribution in [0.4, 0.5) is 0 Å². The first-order valence-electron chi connectivity index (χ1n) is 9.85. The molecule has 0 saturated heterocycles. The van der Waals surface area contributed by atoms with Crippen molar-refractivity contribution in [1.29, 1.82) is 0 Å². The van der Waals surface area contributed by atoms with E-state index in [-0.39, 0.29) is 0 Å². The van der Waals surface area contributed by atoms with Crippen molar-refractivity contribution in [2.75, 3.05) is 0 Å². The normalized spacial score (nSPS) is 12.0. The molecule has 0 amide bonds. The summed E-state index contributed by atoms with van der Waals surface area (Å²) in [5.74, 6) is 0.591. The van der Waals surface area contributed by atoms with Crippen LogP contribution in [0.2, 0.25) is 0 Å². The van der Waals surface area contributed by atoms with Crippen LogP contribution in [0.25, 0.3) is 55.1 Å². The molecule has 6 rings (SSSR count). The summed E-state index contributed by atoms with van der Waals surface area (Å²) in [4.78, 5) is 0. The topological polar surface area (TPSA) is 30.2 Å². The van der Waals surface area contributed by atoms with Gasteiger partial charge < -0.3 is 8.83 Å². The molecule has 0 spiro atoms. The summed E-state index contributed by atoms with van der Waals surface area (Å²) in [6.45, 7) is 4.31. The van der Waals surface area contributed by atoms with Crippen molar-refractivity contribution in [2.24, 2.45) is 7.05 Å². The Kier molecular flexibility index (Phi) is 3.22. The molecule has 0 aliphatic rings. The Morgan fingerprint density at radius 1 is 0.759 bits per heavy atom. The molecular weight excluding hydrogens is 358 g/mol. The highest BCUT2D eigenvalue weighted by Crippen LogP contribution is 2.45. The fourth-order valence-electron chi connectivity index (χ4n) is 4.59. The number of aryl methyl sites for hydroxylation is 3. The minimum absolute atomic E-state index is 0.591. The second kappa shape index (κ2) is 5.71. The maximum atomic E-state index is 6.43. The number of pyridine rings is 1. The quantitative estimate of drug-likeness (QED) is 0.302. The third-order valence-corrected chi connectivity index (χ3v) is 6.00. The van der Waals surface area contributed by atoms with E-state index in [1.165, 1.54) is 21.9 Å². The highest BCUT2D eigenvalue weighted by atomic mass is 16.5. The average molecular weight is 378 g/mol. The molecule has 0 aliphatic carbocycles. The van der Waals surface area contributed by atoms with Gasteiger partial charge in [-0.3, -0.25) is 0 Å². The molecule has 3 heterocycles. The van der Waals surface area contributed by atoms with Crippen LogP contribution in [0.1, 0.15) is 11.1 Å². The fraction of sp³-hybridized carbons (Fsp3) is 0.115. The lowest BCUT2D eigenvalue weighted by atomic mass is 9.92. The van der Waals surface area contributed by atoms with Crippen LogP contribution in [-0.2, 0) is 7.05 Å². The van der Waals surface area contributed by atoms with Gasteiger partial charge in [-0.05, 0) is 41.8 Å². The minimum Gasteiger partial charge on any atom is -0.425 e. The lowest BCUT2D eigenvalue weighted by Gasteiger charge is -2.11. The molecule has 3 nitrogen and oxygen atoms in total. The first kappa shape index (κ1) is 16.4. The van der Waals surface area contributed by atoms with E-state index in [0.29, 0.717) is 5.78 Å². The van der Waals surface area contributed by atoms with Gasteiger partial charge in [0.05, 0.1) is 10.9 Å². The van der Waals surface area contributed by atoms with Crippen LogP contribution in [0.5, 0.6) is 0 Å². The fourth-order valence-corrected chi connectivity index (χ4v) is 4.59. The second-order valence-electron chi connectivity index (χ2n) is 7.81. The molecule has 3 heteroatoms. The highest BCUT2D eigenvalue weighted by Gasteiger charge is 2.26. The Hall–Kier alpha value is -3.59. The summed E-state index contributed by atoms with van der Waals surface area (Å²) in [5, 5.41) is 5.72. The number of furan rings is 2. The average Bonchev–Trinajstić information content (AvgIpc) is 3.27. The molecule has 3 aromatic carbocycles. The molecule has 0 radical (unpaired) electrons. The zero-order chi connectivity index (χ0) is 19.7.